The first-order valence-corrected chi connectivity index (χ1v) is 5.36. The molecule has 0 saturated heterocycles. The summed E-state index contributed by atoms with van der Waals surface area (Å²) in [7, 11) is 0. The van der Waals surface area contributed by atoms with Gasteiger partial charge in [-0.15, -0.1) is 0 Å². The van der Waals surface area contributed by atoms with E-state index in [1.807, 2.05) is 0 Å². The summed E-state index contributed by atoms with van der Waals surface area (Å²) in [6.07, 6.45) is 11.6. The number of fused-ring (bicyclic) bond motifs is 1. The molecule has 0 aromatic rings. The molecule has 0 unspecified atom stereocenters. The summed E-state index contributed by atoms with van der Waals surface area (Å²) >= 11 is 0. The van der Waals surface area contributed by atoms with Gasteiger partial charge in [0.2, 0.25) is 0 Å². The maximum atomic E-state index is 2.40. The molecule has 13 heavy (non-hydrogen) atoms. The quantitative estimate of drug-likeness (QED) is 0.517. The average molecular weight is 174 g/mol. The van der Waals surface area contributed by atoms with Crippen LogP contribution in [0.4, 0.5) is 0 Å². The van der Waals surface area contributed by atoms with E-state index >= 15 is 0 Å². The third-order valence-corrected chi connectivity index (χ3v) is 3.04. The molecule has 2 aliphatic rings. The second-order valence-electron chi connectivity index (χ2n) is 4.36. The van der Waals surface area contributed by atoms with Crippen LogP contribution < -0.4 is 0 Å². The number of rotatable bonds is 0. The van der Waals surface area contributed by atoms with Crippen molar-refractivity contribution in [3.8, 4) is 0 Å². The van der Waals surface area contributed by atoms with E-state index in [1.54, 1.807) is 11.1 Å². The van der Waals surface area contributed by atoms with E-state index in [0.29, 0.717) is 0 Å². The lowest BCUT2D eigenvalue weighted by Gasteiger charge is -1.99. The van der Waals surface area contributed by atoms with Crippen LogP contribution in [0.1, 0.15) is 46.0 Å². The van der Waals surface area contributed by atoms with Gasteiger partial charge in [-0.3, -0.25) is 0 Å². The Labute approximate surface area is 81.0 Å². The highest BCUT2D eigenvalue weighted by atomic mass is 14.2. The van der Waals surface area contributed by atoms with Gasteiger partial charge in [0.25, 0.3) is 0 Å². The molecule has 0 bridgehead atoms. The molecule has 2 aliphatic carbocycles. The molecule has 0 aromatic heterocycles. The Morgan fingerprint density at radius 2 is 1.46 bits per heavy atom. The van der Waals surface area contributed by atoms with E-state index in [9.17, 15) is 0 Å². The molecule has 0 spiro atoms. The van der Waals surface area contributed by atoms with Crippen LogP contribution >= 0.6 is 0 Å². The van der Waals surface area contributed by atoms with Gasteiger partial charge >= 0.3 is 0 Å². The van der Waals surface area contributed by atoms with Crippen molar-refractivity contribution in [1.82, 2.24) is 0 Å². The molecule has 0 aromatic carbocycles. The van der Waals surface area contributed by atoms with Gasteiger partial charge in [0, 0.05) is 0 Å². The standard InChI is InChI=1S/C13H18/c1-10(2)13-8-11-6-4-3-5-7-12(11)9-13/h8-9H,3-7H2,1-2H3. The summed E-state index contributed by atoms with van der Waals surface area (Å²) in [6, 6.07) is 0. The van der Waals surface area contributed by atoms with Crippen molar-refractivity contribution < 1.29 is 0 Å². The lowest BCUT2D eigenvalue weighted by molar-refractivity contribution is 0.718. The molecule has 70 valence electrons. The zero-order valence-corrected chi connectivity index (χ0v) is 8.69. The van der Waals surface area contributed by atoms with Gasteiger partial charge in [0.15, 0.2) is 0 Å². The number of allylic oxidation sites excluding steroid dienone is 6. The van der Waals surface area contributed by atoms with Crippen molar-refractivity contribution in [2.24, 2.45) is 0 Å². The molecule has 0 atom stereocenters. The van der Waals surface area contributed by atoms with Crippen LogP contribution in [0, 0.1) is 0 Å². The zero-order chi connectivity index (χ0) is 9.26. The van der Waals surface area contributed by atoms with Gasteiger partial charge in [-0.2, -0.15) is 0 Å². The molecule has 0 heterocycles. The van der Waals surface area contributed by atoms with Crippen molar-refractivity contribution in [3.63, 3.8) is 0 Å². The van der Waals surface area contributed by atoms with Gasteiger partial charge in [0.05, 0.1) is 0 Å². The first-order valence-electron chi connectivity index (χ1n) is 5.36. The summed E-state index contributed by atoms with van der Waals surface area (Å²) < 4.78 is 0. The van der Waals surface area contributed by atoms with E-state index < -0.39 is 0 Å². The Balaban J connectivity index is 2.30. The maximum Gasteiger partial charge on any atom is -0.0265 e. The van der Waals surface area contributed by atoms with Gasteiger partial charge in [-0.05, 0) is 56.3 Å². The highest BCUT2D eigenvalue weighted by molar-refractivity contribution is 5.53. The fourth-order valence-electron chi connectivity index (χ4n) is 2.16. The monoisotopic (exact) mass is 174 g/mol. The third kappa shape index (κ3) is 1.77. The molecule has 0 aliphatic heterocycles. The number of hydrogen-bond donors (Lipinski definition) is 0. The minimum Gasteiger partial charge on any atom is -0.0692 e. The molecule has 0 N–H and O–H groups in total. The van der Waals surface area contributed by atoms with Crippen molar-refractivity contribution in [3.05, 3.63) is 34.4 Å². The lowest BCUT2D eigenvalue weighted by atomic mass is 10.1. The smallest absolute Gasteiger partial charge is 0.0265 e. The SMILES string of the molecule is CC(C)=C1C=C2CCCCCC2=C1. The van der Waals surface area contributed by atoms with Crippen LogP contribution in [0.3, 0.4) is 0 Å². The highest BCUT2D eigenvalue weighted by Gasteiger charge is 2.15. The van der Waals surface area contributed by atoms with Gasteiger partial charge in [-0.1, -0.05) is 24.1 Å². The van der Waals surface area contributed by atoms with Gasteiger partial charge in [-0.25, -0.2) is 0 Å². The molecule has 0 heteroatoms. The van der Waals surface area contributed by atoms with Crippen molar-refractivity contribution in [2.45, 2.75) is 46.0 Å². The second kappa shape index (κ2) is 3.53. The largest absolute Gasteiger partial charge is 0.0692 e. The predicted octanol–water partition coefficient (Wildman–Crippen LogP) is 4.15. The molecule has 0 nitrogen and oxygen atoms in total. The Morgan fingerprint density at radius 3 is 1.92 bits per heavy atom. The van der Waals surface area contributed by atoms with E-state index in [4.69, 9.17) is 0 Å². The summed E-state index contributed by atoms with van der Waals surface area (Å²) in [6.45, 7) is 4.41. The fraction of sp³-hybridized carbons (Fsp3) is 0.538. The van der Waals surface area contributed by atoms with Gasteiger partial charge in [0.1, 0.15) is 0 Å². The highest BCUT2D eigenvalue weighted by Crippen LogP contribution is 2.34. The lowest BCUT2D eigenvalue weighted by Crippen LogP contribution is -1.80. The minimum absolute atomic E-state index is 1.31. The van der Waals surface area contributed by atoms with Gasteiger partial charge < -0.3 is 0 Å². The Kier molecular flexibility index (Phi) is 2.39. The first-order chi connectivity index (χ1) is 6.27. The normalized spacial score (nSPS) is 21.8. The number of hydrogen-bond acceptors (Lipinski definition) is 0. The zero-order valence-electron chi connectivity index (χ0n) is 8.69. The van der Waals surface area contributed by atoms with Crippen LogP contribution in [0.2, 0.25) is 0 Å². The minimum atomic E-state index is 1.31. The Morgan fingerprint density at radius 1 is 0.923 bits per heavy atom. The first kappa shape index (κ1) is 8.80. The van der Waals surface area contributed by atoms with Crippen LogP contribution in [0.15, 0.2) is 34.4 Å². The van der Waals surface area contributed by atoms with Crippen LogP contribution in [0.5, 0.6) is 0 Å². The third-order valence-electron chi connectivity index (χ3n) is 3.04. The summed E-state index contributed by atoms with van der Waals surface area (Å²) in [4.78, 5) is 0. The van der Waals surface area contributed by atoms with E-state index in [-0.39, 0.29) is 0 Å². The summed E-state index contributed by atoms with van der Waals surface area (Å²) in [5, 5.41) is 0. The van der Waals surface area contributed by atoms with Crippen molar-refractivity contribution >= 4 is 0 Å². The predicted molar refractivity (Wildman–Crippen MR) is 57.6 cm³/mol. The van der Waals surface area contributed by atoms with E-state index in [0.717, 1.165) is 0 Å². The van der Waals surface area contributed by atoms with Crippen LogP contribution in [0.25, 0.3) is 0 Å². The van der Waals surface area contributed by atoms with Crippen LogP contribution in [-0.4, -0.2) is 0 Å². The van der Waals surface area contributed by atoms with Crippen LogP contribution in [-0.2, 0) is 0 Å². The molecule has 0 amide bonds. The summed E-state index contributed by atoms with van der Waals surface area (Å²) in [5.41, 5.74) is 6.15. The summed E-state index contributed by atoms with van der Waals surface area (Å²) in [5.74, 6) is 0. The average Bonchev–Trinajstić information content (AvgIpc) is 2.38. The molecular weight excluding hydrogens is 156 g/mol. The molecule has 1 fully saturated rings. The molecule has 1 saturated carbocycles. The topological polar surface area (TPSA) is 0 Å². The molecule has 0 radical (unpaired) electrons. The molecular formula is C13H18. The van der Waals surface area contributed by atoms with E-state index in [1.165, 1.54) is 43.3 Å². The van der Waals surface area contributed by atoms with Crippen molar-refractivity contribution in [2.75, 3.05) is 0 Å². The Hall–Kier alpha value is -0.780. The molecule has 2 rings (SSSR count). The van der Waals surface area contributed by atoms with E-state index in [2.05, 4.69) is 26.0 Å². The maximum absolute atomic E-state index is 2.40. The fourth-order valence-corrected chi connectivity index (χ4v) is 2.16. The Bertz CT molecular complexity index is 272. The van der Waals surface area contributed by atoms with Crippen molar-refractivity contribution in [1.29, 1.82) is 0 Å². The second-order valence-corrected chi connectivity index (χ2v) is 4.36.